The number of carbonyl (C=O) groups is 1. The zero-order chi connectivity index (χ0) is 14.9. The predicted octanol–water partition coefficient (Wildman–Crippen LogP) is 4.62. The number of rotatable bonds is 2. The Morgan fingerprint density at radius 1 is 0.909 bits per heavy atom. The number of hydrogen-bond acceptors (Lipinski definition) is 1. The Balaban J connectivity index is 1.71. The molecular weight excluding hydrogens is 268 g/mol. The first-order valence-corrected chi connectivity index (χ1v) is 7.60. The maximum atomic E-state index is 12.6. The number of hydrogen-bond donors (Lipinski definition) is 0. The first kappa shape index (κ1) is 13.0. The zero-order valence-electron chi connectivity index (χ0n) is 12.2. The van der Waals surface area contributed by atoms with Crippen molar-refractivity contribution in [2.45, 2.75) is 6.42 Å². The van der Waals surface area contributed by atoms with Crippen molar-refractivity contribution in [2.24, 2.45) is 5.92 Å². The monoisotopic (exact) mass is 284 g/mol. The fraction of sp³-hybridized carbons (Fsp3) is 0.0952. The Bertz CT molecular complexity index is 822. The quantitative estimate of drug-likeness (QED) is 0.735. The van der Waals surface area contributed by atoms with Crippen LogP contribution in [-0.2, 0) is 6.42 Å². The molecule has 0 N–H and O–H groups in total. The molecule has 0 spiro atoms. The third kappa shape index (κ3) is 2.25. The van der Waals surface area contributed by atoms with E-state index >= 15 is 0 Å². The summed E-state index contributed by atoms with van der Waals surface area (Å²) in [5.41, 5.74) is 5.40. The fourth-order valence-electron chi connectivity index (χ4n) is 3.18. The number of benzene rings is 2. The zero-order valence-corrected chi connectivity index (χ0v) is 12.2. The van der Waals surface area contributed by atoms with Crippen LogP contribution in [0.25, 0.3) is 6.08 Å². The van der Waals surface area contributed by atoms with Gasteiger partial charge in [-0.3, -0.25) is 4.79 Å². The van der Waals surface area contributed by atoms with Gasteiger partial charge in [-0.1, -0.05) is 72.8 Å². The van der Waals surface area contributed by atoms with Gasteiger partial charge in [0.1, 0.15) is 0 Å². The second-order valence-electron chi connectivity index (χ2n) is 5.81. The fourth-order valence-corrected chi connectivity index (χ4v) is 3.18. The molecule has 0 amide bonds. The molecule has 106 valence electrons. The van der Waals surface area contributed by atoms with E-state index in [2.05, 4.69) is 42.5 Å². The van der Waals surface area contributed by atoms with E-state index in [1.807, 2.05) is 36.4 Å². The van der Waals surface area contributed by atoms with Crippen LogP contribution in [0.15, 0.2) is 84.0 Å². The molecule has 0 fully saturated rings. The van der Waals surface area contributed by atoms with Crippen molar-refractivity contribution in [3.8, 4) is 0 Å². The van der Waals surface area contributed by atoms with Gasteiger partial charge in [-0.15, -0.1) is 0 Å². The van der Waals surface area contributed by atoms with Gasteiger partial charge in [0.05, 0.1) is 0 Å². The molecule has 0 aliphatic heterocycles. The Hall–Kier alpha value is -2.67. The number of ketones is 1. The topological polar surface area (TPSA) is 17.1 Å². The molecule has 1 nitrogen and oxygen atoms in total. The summed E-state index contributed by atoms with van der Waals surface area (Å²) in [5, 5.41) is 0. The van der Waals surface area contributed by atoms with E-state index in [9.17, 15) is 4.79 Å². The van der Waals surface area contributed by atoms with Gasteiger partial charge in [-0.25, -0.2) is 0 Å². The molecule has 1 unspecified atom stereocenters. The van der Waals surface area contributed by atoms with Crippen molar-refractivity contribution in [3.63, 3.8) is 0 Å². The highest BCUT2D eigenvalue weighted by Gasteiger charge is 2.22. The van der Waals surface area contributed by atoms with Crippen LogP contribution < -0.4 is 0 Å². The maximum absolute atomic E-state index is 12.6. The third-order valence-corrected chi connectivity index (χ3v) is 4.37. The summed E-state index contributed by atoms with van der Waals surface area (Å²) in [7, 11) is 0. The van der Waals surface area contributed by atoms with E-state index in [-0.39, 0.29) is 5.78 Å². The van der Waals surface area contributed by atoms with E-state index in [1.54, 1.807) is 0 Å². The van der Waals surface area contributed by atoms with E-state index in [4.69, 9.17) is 0 Å². The minimum absolute atomic E-state index is 0.0926. The molecule has 22 heavy (non-hydrogen) atoms. The van der Waals surface area contributed by atoms with Crippen LogP contribution in [-0.4, -0.2) is 5.78 Å². The standard InChI is InChI=1S/C21H16O/c22-21(15-6-2-1-3-7-15)19-11-10-18-12-16-8-4-5-9-17(16)13-20(18)14-19/h1-11,13-14,18H,12H2. The number of fused-ring (bicyclic) bond motifs is 2. The summed E-state index contributed by atoms with van der Waals surface area (Å²) in [6.07, 6.45) is 9.42. The Morgan fingerprint density at radius 3 is 2.55 bits per heavy atom. The summed E-state index contributed by atoms with van der Waals surface area (Å²) in [6.45, 7) is 0. The Kier molecular flexibility index (Phi) is 3.12. The average Bonchev–Trinajstić information content (AvgIpc) is 2.59. The van der Waals surface area contributed by atoms with Crippen LogP contribution in [0.1, 0.15) is 21.5 Å². The lowest BCUT2D eigenvalue weighted by Gasteiger charge is -2.25. The molecule has 2 aliphatic carbocycles. The van der Waals surface area contributed by atoms with Gasteiger partial charge < -0.3 is 0 Å². The van der Waals surface area contributed by atoms with Crippen LogP contribution >= 0.6 is 0 Å². The molecule has 0 heterocycles. The molecule has 1 atom stereocenters. The van der Waals surface area contributed by atoms with Gasteiger partial charge in [0.25, 0.3) is 0 Å². The summed E-state index contributed by atoms with van der Waals surface area (Å²) in [4.78, 5) is 12.6. The highest BCUT2D eigenvalue weighted by molar-refractivity contribution is 6.11. The Morgan fingerprint density at radius 2 is 1.68 bits per heavy atom. The minimum atomic E-state index is 0.0926. The van der Waals surface area contributed by atoms with Crippen molar-refractivity contribution in [2.75, 3.05) is 0 Å². The Labute approximate surface area is 130 Å². The normalized spacial score (nSPS) is 18.8. The number of allylic oxidation sites excluding steroid dienone is 5. The van der Waals surface area contributed by atoms with Crippen LogP contribution in [0.4, 0.5) is 0 Å². The second-order valence-corrected chi connectivity index (χ2v) is 5.81. The second kappa shape index (κ2) is 5.27. The highest BCUT2D eigenvalue weighted by Crippen LogP contribution is 2.34. The average molecular weight is 284 g/mol. The molecular formula is C21H16O. The lowest BCUT2D eigenvalue weighted by atomic mass is 9.79. The van der Waals surface area contributed by atoms with Gasteiger partial charge in [-0.2, -0.15) is 0 Å². The molecule has 0 radical (unpaired) electrons. The first-order chi connectivity index (χ1) is 10.8. The van der Waals surface area contributed by atoms with Gasteiger partial charge in [0.2, 0.25) is 0 Å². The molecule has 0 saturated carbocycles. The molecule has 0 bridgehead atoms. The van der Waals surface area contributed by atoms with Crippen LogP contribution in [0.3, 0.4) is 0 Å². The van der Waals surface area contributed by atoms with Gasteiger partial charge >= 0.3 is 0 Å². The summed E-state index contributed by atoms with van der Waals surface area (Å²) < 4.78 is 0. The number of Topliss-reactive ketones (excluding diaryl/α,β-unsaturated/α-hetero) is 1. The van der Waals surface area contributed by atoms with Crippen molar-refractivity contribution < 1.29 is 4.79 Å². The SMILES string of the molecule is O=C(C1=CC2=Cc3ccccc3CC2C=C1)c1ccccc1. The van der Waals surface area contributed by atoms with Gasteiger partial charge in [0.15, 0.2) is 5.78 Å². The van der Waals surface area contributed by atoms with Crippen LogP contribution in [0, 0.1) is 5.92 Å². The van der Waals surface area contributed by atoms with Crippen molar-refractivity contribution in [3.05, 3.63) is 101 Å². The van der Waals surface area contributed by atoms with Gasteiger partial charge in [0, 0.05) is 17.1 Å². The molecule has 4 rings (SSSR count). The molecule has 2 aromatic carbocycles. The summed E-state index contributed by atoms with van der Waals surface area (Å²) in [5.74, 6) is 0.484. The van der Waals surface area contributed by atoms with Crippen LogP contribution in [0.5, 0.6) is 0 Å². The lowest BCUT2D eigenvalue weighted by molar-refractivity contribution is 0.103. The van der Waals surface area contributed by atoms with Crippen molar-refractivity contribution >= 4 is 11.9 Å². The van der Waals surface area contributed by atoms with E-state index in [0.29, 0.717) is 5.92 Å². The van der Waals surface area contributed by atoms with E-state index in [1.165, 1.54) is 16.7 Å². The summed E-state index contributed by atoms with van der Waals surface area (Å²) >= 11 is 0. The lowest BCUT2D eigenvalue weighted by Crippen LogP contribution is -2.14. The van der Waals surface area contributed by atoms with E-state index in [0.717, 1.165) is 17.6 Å². The first-order valence-electron chi connectivity index (χ1n) is 7.60. The summed E-state index contributed by atoms with van der Waals surface area (Å²) in [6, 6.07) is 17.9. The molecule has 1 heteroatoms. The third-order valence-electron chi connectivity index (χ3n) is 4.37. The molecule has 0 saturated heterocycles. The molecule has 2 aliphatic rings. The van der Waals surface area contributed by atoms with E-state index < -0.39 is 0 Å². The van der Waals surface area contributed by atoms with Crippen LogP contribution in [0.2, 0.25) is 0 Å². The van der Waals surface area contributed by atoms with Gasteiger partial charge in [-0.05, 0) is 29.2 Å². The largest absolute Gasteiger partial charge is 0.289 e. The predicted molar refractivity (Wildman–Crippen MR) is 89.6 cm³/mol. The highest BCUT2D eigenvalue weighted by atomic mass is 16.1. The number of carbonyl (C=O) groups excluding carboxylic acids is 1. The van der Waals surface area contributed by atoms with Crippen molar-refractivity contribution in [1.29, 1.82) is 0 Å². The minimum Gasteiger partial charge on any atom is -0.289 e. The van der Waals surface area contributed by atoms with Crippen molar-refractivity contribution in [1.82, 2.24) is 0 Å². The maximum Gasteiger partial charge on any atom is 0.193 e. The smallest absolute Gasteiger partial charge is 0.193 e. The molecule has 2 aromatic rings. The molecule has 0 aromatic heterocycles.